The topological polar surface area (TPSA) is 65.7 Å². The zero-order valence-corrected chi connectivity index (χ0v) is 15.2. The molecular weight excluding hydrogens is 351 g/mol. The molecule has 27 heavy (non-hydrogen) atoms. The summed E-state index contributed by atoms with van der Waals surface area (Å²) in [7, 11) is 0. The standard InChI is InChI=1S/C21H19FO5/c1-4-25-21(24)13(3)26-17-9-12(2)10-18-20(17)16(11-19(23)27-18)14-5-7-15(22)8-6-14/h5-11,13H,4H2,1-3H3/t13-/m1/s1. The highest BCUT2D eigenvalue weighted by atomic mass is 19.1. The van der Waals surface area contributed by atoms with E-state index in [2.05, 4.69) is 0 Å². The van der Waals surface area contributed by atoms with Crippen LogP contribution < -0.4 is 10.4 Å². The summed E-state index contributed by atoms with van der Waals surface area (Å²) in [5.74, 6) is -0.490. The monoisotopic (exact) mass is 370 g/mol. The summed E-state index contributed by atoms with van der Waals surface area (Å²) >= 11 is 0. The quantitative estimate of drug-likeness (QED) is 0.496. The number of carbonyl (C=O) groups excluding carboxylic acids is 1. The van der Waals surface area contributed by atoms with E-state index in [0.29, 0.717) is 27.8 Å². The lowest BCUT2D eigenvalue weighted by molar-refractivity contribution is -0.150. The Morgan fingerprint density at radius 2 is 1.89 bits per heavy atom. The molecule has 0 amide bonds. The van der Waals surface area contributed by atoms with Gasteiger partial charge in [0.1, 0.15) is 17.1 Å². The average molecular weight is 370 g/mol. The third-order valence-electron chi connectivity index (χ3n) is 4.03. The Hall–Kier alpha value is -3.15. The van der Waals surface area contributed by atoms with Gasteiger partial charge in [0.2, 0.25) is 0 Å². The van der Waals surface area contributed by atoms with Crippen molar-refractivity contribution in [3.05, 3.63) is 64.3 Å². The third kappa shape index (κ3) is 4.00. The molecule has 5 nitrogen and oxygen atoms in total. The van der Waals surface area contributed by atoms with E-state index in [0.717, 1.165) is 5.56 Å². The molecule has 0 saturated heterocycles. The van der Waals surface area contributed by atoms with Crippen molar-refractivity contribution in [1.82, 2.24) is 0 Å². The van der Waals surface area contributed by atoms with E-state index in [4.69, 9.17) is 13.9 Å². The number of carbonyl (C=O) groups is 1. The molecule has 0 aliphatic carbocycles. The van der Waals surface area contributed by atoms with Crippen molar-refractivity contribution in [2.75, 3.05) is 6.61 Å². The Bertz CT molecular complexity index is 1040. The predicted octanol–water partition coefficient (Wildman–Crippen LogP) is 4.24. The first kappa shape index (κ1) is 18.6. The van der Waals surface area contributed by atoms with Crippen molar-refractivity contribution in [3.8, 4) is 16.9 Å². The molecule has 6 heteroatoms. The minimum Gasteiger partial charge on any atom is -0.478 e. The summed E-state index contributed by atoms with van der Waals surface area (Å²) in [5, 5.41) is 0.531. The fourth-order valence-electron chi connectivity index (χ4n) is 2.84. The van der Waals surface area contributed by atoms with Crippen molar-refractivity contribution < 1.29 is 23.1 Å². The van der Waals surface area contributed by atoms with E-state index in [1.165, 1.54) is 18.2 Å². The number of hydrogen-bond donors (Lipinski definition) is 0. The molecule has 0 N–H and O–H groups in total. The molecule has 0 bridgehead atoms. The smallest absolute Gasteiger partial charge is 0.347 e. The van der Waals surface area contributed by atoms with Crippen molar-refractivity contribution in [1.29, 1.82) is 0 Å². The molecule has 140 valence electrons. The number of rotatable bonds is 5. The Labute approximate surface area is 155 Å². The Morgan fingerprint density at radius 3 is 2.56 bits per heavy atom. The minimum absolute atomic E-state index is 0.247. The molecule has 0 aliphatic heterocycles. The lowest BCUT2D eigenvalue weighted by Crippen LogP contribution is -2.26. The number of hydrogen-bond acceptors (Lipinski definition) is 5. The van der Waals surface area contributed by atoms with Gasteiger partial charge in [0.25, 0.3) is 0 Å². The second-order valence-electron chi connectivity index (χ2n) is 6.13. The van der Waals surface area contributed by atoms with Gasteiger partial charge in [0, 0.05) is 11.6 Å². The van der Waals surface area contributed by atoms with E-state index in [1.807, 2.05) is 6.92 Å². The van der Waals surface area contributed by atoms with Gasteiger partial charge in [0.05, 0.1) is 12.0 Å². The van der Waals surface area contributed by atoms with Crippen LogP contribution in [0.15, 0.2) is 51.7 Å². The maximum Gasteiger partial charge on any atom is 0.347 e. The molecule has 1 atom stereocenters. The van der Waals surface area contributed by atoms with Crippen LogP contribution in [0.25, 0.3) is 22.1 Å². The predicted molar refractivity (Wildman–Crippen MR) is 99.3 cm³/mol. The van der Waals surface area contributed by atoms with Crippen molar-refractivity contribution in [2.45, 2.75) is 26.9 Å². The van der Waals surface area contributed by atoms with Crippen LogP contribution in [0.2, 0.25) is 0 Å². The fraction of sp³-hybridized carbons (Fsp3) is 0.238. The highest BCUT2D eigenvalue weighted by molar-refractivity contribution is 5.98. The third-order valence-corrected chi connectivity index (χ3v) is 4.03. The lowest BCUT2D eigenvalue weighted by atomic mass is 10.00. The Balaban J connectivity index is 2.19. The van der Waals surface area contributed by atoms with Gasteiger partial charge in [-0.3, -0.25) is 0 Å². The van der Waals surface area contributed by atoms with Crippen molar-refractivity contribution >= 4 is 16.9 Å². The molecular formula is C21H19FO5. The number of ether oxygens (including phenoxy) is 2. The van der Waals surface area contributed by atoms with Crippen LogP contribution in [0.4, 0.5) is 4.39 Å². The second-order valence-corrected chi connectivity index (χ2v) is 6.13. The summed E-state index contributed by atoms with van der Waals surface area (Å²) in [5.41, 5.74) is 1.76. The number of halogens is 1. The lowest BCUT2D eigenvalue weighted by Gasteiger charge is -2.17. The average Bonchev–Trinajstić information content (AvgIpc) is 2.61. The van der Waals surface area contributed by atoms with Crippen LogP contribution in [0.3, 0.4) is 0 Å². The molecule has 0 saturated carbocycles. The molecule has 0 unspecified atom stereocenters. The van der Waals surface area contributed by atoms with Crippen molar-refractivity contribution in [2.24, 2.45) is 0 Å². The first-order valence-electron chi connectivity index (χ1n) is 8.56. The van der Waals surface area contributed by atoms with Gasteiger partial charge >= 0.3 is 11.6 Å². The molecule has 0 aliphatic rings. The minimum atomic E-state index is -0.844. The van der Waals surface area contributed by atoms with Crippen LogP contribution in [0, 0.1) is 12.7 Å². The summed E-state index contributed by atoms with van der Waals surface area (Å²) in [4.78, 5) is 24.0. The first-order valence-corrected chi connectivity index (χ1v) is 8.56. The van der Waals surface area contributed by atoms with E-state index in [9.17, 15) is 14.0 Å². The van der Waals surface area contributed by atoms with E-state index in [-0.39, 0.29) is 12.4 Å². The second kappa shape index (κ2) is 7.61. The molecule has 0 spiro atoms. The van der Waals surface area contributed by atoms with Crippen LogP contribution >= 0.6 is 0 Å². The Kier molecular flexibility index (Phi) is 5.26. The van der Waals surface area contributed by atoms with Gasteiger partial charge in [0.15, 0.2) is 6.10 Å². The van der Waals surface area contributed by atoms with E-state index < -0.39 is 17.7 Å². The van der Waals surface area contributed by atoms with Gasteiger partial charge in [-0.25, -0.2) is 14.0 Å². The number of aryl methyl sites for hydroxylation is 1. The highest BCUT2D eigenvalue weighted by Crippen LogP contribution is 2.36. The van der Waals surface area contributed by atoms with Crippen LogP contribution in [0.5, 0.6) is 5.75 Å². The highest BCUT2D eigenvalue weighted by Gasteiger charge is 2.20. The number of fused-ring (bicyclic) bond motifs is 1. The van der Waals surface area contributed by atoms with E-state index >= 15 is 0 Å². The number of benzene rings is 2. The molecule has 1 aromatic heterocycles. The van der Waals surface area contributed by atoms with Crippen LogP contribution in [-0.2, 0) is 9.53 Å². The van der Waals surface area contributed by atoms with Gasteiger partial charge < -0.3 is 13.9 Å². The molecule has 1 heterocycles. The van der Waals surface area contributed by atoms with E-state index in [1.54, 1.807) is 38.1 Å². The maximum absolute atomic E-state index is 13.3. The zero-order valence-electron chi connectivity index (χ0n) is 15.2. The van der Waals surface area contributed by atoms with Gasteiger partial charge in [-0.2, -0.15) is 0 Å². The maximum atomic E-state index is 13.3. The molecule has 0 radical (unpaired) electrons. The fourth-order valence-corrected chi connectivity index (χ4v) is 2.84. The van der Waals surface area contributed by atoms with Gasteiger partial charge in [-0.15, -0.1) is 0 Å². The normalized spacial score (nSPS) is 12.0. The van der Waals surface area contributed by atoms with Crippen LogP contribution in [-0.4, -0.2) is 18.7 Å². The van der Waals surface area contributed by atoms with Gasteiger partial charge in [-0.1, -0.05) is 12.1 Å². The molecule has 3 aromatic rings. The van der Waals surface area contributed by atoms with Crippen LogP contribution in [0.1, 0.15) is 19.4 Å². The molecule has 3 rings (SSSR count). The summed E-state index contributed by atoms with van der Waals surface area (Å²) in [6.07, 6.45) is -0.844. The molecule has 0 fully saturated rings. The Morgan fingerprint density at radius 1 is 1.19 bits per heavy atom. The first-order chi connectivity index (χ1) is 12.9. The SMILES string of the molecule is CCOC(=O)[C@@H](C)Oc1cc(C)cc2oc(=O)cc(-c3ccc(F)cc3)c12. The summed E-state index contributed by atoms with van der Waals surface area (Å²) in [6.45, 7) is 5.37. The van der Waals surface area contributed by atoms with Crippen molar-refractivity contribution in [3.63, 3.8) is 0 Å². The molecule has 2 aromatic carbocycles. The summed E-state index contributed by atoms with van der Waals surface area (Å²) < 4.78 is 29.5. The largest absolute Gasteiger partial charge is 0.478 e. The number of esters is 1. The zero-order chi connectivity index (χ0) is 19.6. The van der Waals surface area contributed by atoms with Gasteiger partial charge in [-0.05, 0) is 56.2 Å². The summed E-state index contributed by atoms with van der Waals surface area (Å²) in [6, 6.07) is 10.6.